The van der Waals surface area contributed by atoms with Crippen LogP contribution in [0, 0.1) is 5.92 Å². The molecule has 0 aliphatic heterocycles. The van der Waals surface area contributed by atoms with E-state index in [0.717, 1.165) is 11.3 Å². The fourth-order valence-corrected chi connectivity index (χ4v) is 2.26. The topological polar surface area (TPSA) is 55.1 Å². The molecule has 3 nitrogen and oxygen atoms in total. The van der Waals surface area contributed by atoms with E-state index in [1.165, 1.54) is 0 Å². The van der Waals surface area contributed by atoms with Gasteiger partial charge in [0.15, 0.2) is 0 Å². The molecule has 1 atom stereocenters. The lowest BCUT2D eigenvalue weighted by Crippen LogP contribution is -2.33. The summed E-state index contributed by atoms with van der Waals surface area (Å²) in [6.45, 7) is 8.24. The molecule has 0 aromatic heterocycles. The molecule has 0 fully saturated rings. The van der Waals surface area contributed by atoms with Gasteiger partial charge in [0, 0.05) is 5.69 Å². The van der Waals surface area contributed by atoms with E-state index < -0.39 is 5.92 Å². The van der Waals surface area contributed by atoms with Crippen LogP contribution in [-0.4, -0.2) is 10.9 Å². The van der Waals surface area contributed by atoms with E-state index in [-0.39, 0.29) is 16.3 Å². The van der Waals surface area contributed by atoms with Crippen LogP contribution >= 0.6 is 12.2 Å². The minimum atomic E-state index is -0.414. The molecule has 19 heavy (non-hydrogen) atoms. The highest BCUT2D eigenvalue weighted by atomic mass is 32.1. The molecule has 0 heterocycles. The van der Waals surface area contributed by atoms with Gasteiger partial charge in [0.2, 0.25) is 5.91 Å². The Morgan fingerprint density at radius 1 is 1.37 bits per heavy atom. The standard InChI is InChI=1S/C15H22N2OS/c1-5-10(13(16)19)14(18)17-12-9-7-6-8-11(12)15(2,3)4/h6-10H,5H2,1-4H3,(H2,16,19)(H,17,18). The third-order valence-corrected chi connectivity index (χ3v) is 3.35. The Labute approximate surface area is 120 Å². The molecule has 0 bridgehead atoms. The number of amides is 1. The molecular formula is C15H22N2OS. The lowest BCUT2D eigenvalue weighted by Gasteiger charge is -2.24. The van der Waals surface area contributed by atoms with Crippen LogP contribution in [0.2, 0.25) is 0 Å². The number of thiocarbonyl (C=S) groups is 1. The third kappa shape index (κ3) is 4.03. The molecule has 0 saturated carbocycles. The van der Waals surface area contributed by atoms with Gasteiger partial charge in [-0.3, -0.25) is 4.79 Å². The van der Waals surface area contributed by atoms with E-state index in [2.05, 4.69) is 26.1 Å². The lowest BCUT2D eigenvalue weighted by molar-refractivity contribution is -0.118. The number of anilines is 1. The lowest BCUT2D eigenvalue weighted by atomic mass is 9.85. The van der Waals surface area contributed by atoms with Crippen molar-refractivity contribution in [3.63, 3.8) is 0 Å². The molecule has 1 aromatic rings. The van der Waals surface area contributed by atoms with Crippen LogP contribution in [-0.2, 0) is 10.2 Å². The summed E-state index contributed by atoms with van der Waals surface area (Å²) in [5, 5.41) is 2.94. The van der Waals surface area contributed by atoms with E-state index in [4.69, 9.17) is 18.0 Å². The fourth-order valence-electron chi connectivity index (χ4n) is 1.98. The SMILES string of the molecule is CCC(C(=O)Nc1ccccc1C(C)(C)C)C(N)=S. The Balaban J connectivity index is 3.00. The Morgan fingerprint density at radius 2 is 1.95 bits per heavy atom. The van der Waals surface area contributed by atoms with Crippen LogP contribution in [0.4, 0.5) is 5.69 Å². The first-order valence-electron chi connectivity index (χ1n) is 6.47. The van der Waals surface area contributed by atoms with Gasteiger partial charge in [0.05, 0.1) is 10.9 Å². The minimum absolute atomic E-state index is 0.0329. The highest BCUT2D eigenvalue weighted by molar-refractivity contribution is 7.80. The Morgan fingerprint density at radius 3 is 2.42 bits per heavy atom. The van der Waals surface area contributed by atoms with Crippen LogP contribution in [0.15, 0.2) is 24.3 Å². The summed E-state index contributed by atoms with van der Waals surface area (Å²) in [5.41, 5.74) is 7.49. The zero-order chi connectivity index (χ0) is 14.6. The van der Waals surface area contributed by atoms with E-state index >= 15 is 0 Å². The maximum atomic E-state index is 12.2. The molecule has 0 aliphatic rings. The second-order valence-corrected chi connectivity index (χ2v) is 6.12. The first-order valence-corrected chi connectivity index (χ1v) is 6.88. The summed E-state index contributed by atoms with van der Waals surface area (Å²) >= 11 is 4.93. The van der Waals surface area contributed by atoms with Gasteiger partial charge in [-0.2, -0.15) is 0 Å². The summed E-state index contributed by atoms with van der Waals surface area (Å²) in [6, 6.07) is 7.82. The van der Waals surface area contributed by atoms with E-state index in [1.54, 1.807) is 0 Å². The molecule has 0 saturated heterocycles. The summed E-state index contributed by atoms with van der Waals surface area (Å²) in [7, 11) is 0. The van der Waals surface area contributed by atoms with Gasteiger partial charge in [-0.1, -0.05) is 58.1 Å². The maximum absolute atomic E-state index is 12.2. The number of carbonyl (C=O) groups is 1. The van der Waals surface area contributed by atoms with Crippen molar-refractivity contribution in [2.75, 3.05) is 5.32 Å². The number of para-hydroxylation sites is 1. The number of carbonyl (C=O) groups excluding carboxylic acids is 1. The van der Waals surface area contributed by atoms with Crippen molar-refractivity contribution in [1.29, 1.82) is 0 Å². The molecule has 104 valence electrons. The number of benzene rings is 1. The van der Waals surface area contributed by atoms with Gasteiger partial charge >= 0.3 is 0 Å². The minimum Gasteiger partial charge on any atom is -0.393 e. The Bertz CT molecular complexity index is 477. The number of nitrogens with one attached hydrogen (secondary N) is 1. The van der Waals surface area contributed by atoms with Gasteiger partial charge in [0.1, 0.15) is 0 Å². The van der Waals surface area contributed by atoms with Crippen molar-refractivity contribution in [3.05, 3.63) is 29.8 Å². The Kier molecular flexibility index (Phi) is 5.06. The van der Waals surface area contributed by atoms with Gasteiger partial charge in [0.25, 0.3) is 0 Å². The molecule has 1 aromatic carbocycles. The quantitative estimate of drug-likeness (QED) is 0.831. The number of nitrogens with two attached hydrogens (primary N) is 1. The van der Waals surface area contributed by atoms with Crippen molar-refractivity contribution in [3.8, 4) is 0 Å². The molecular weight excluding hydrogens is 256 g/mol. The normalized spacial score (nSPS) is 12.8. The average molecular weight is 278 g/mol. The molecule has 0 spiro atoms. The molecule has 4 heteroatoms. The largest absolute Gasteiger partial charge is 0.393 e. The van der Waals surface area contributed by atoms with Gasteiger partial charge in [-0.15, -0.1) is 0 Å². The molecule has 0 radical (unpaired) electrons. The maximum Gasteiger partial charge on any atom is 0.234 e. The highest BCUT2D eigenvalue weighted by Crippen LogP contribution is 2.29. The molecule has 1 rings (SSSR count). The fraction of sp³-hybridized carbons (Fsp3) is 0.467. The zero-order valence-corrected chi connectivity index (χ0v) is 12.8. The summed E-state index contributed by atoms with van der Waals surface area (Å²) in [5.74, 6) is -0.547. The molecule has 3 N–H and O–H groups in total. The Hall–Kier alpha value is -1.42. The van der Waals surface area contributed by atoms with Gasteiger partial charge in [-0.05, 0) is 23.5 Å². The second kappa shape index (κ2) is 6.15. The van der Waals surface area contributed by atoms with Crippen LogP contribution in [0.3, 0.4) is 0 Å². The van der Waals surface area contributed by atoms with Crippen LogP contribution in [0.25, 0.3) is 0 Å². The van der Waals surface area contributed by atoms with Crippen molar-refractivity contribution in [1.82, 2.24) is 0 Å². The van der Waals surface area contributed by atoms with Crippen molar-refractivity contribution in [2.45, 2.75) is 39.5 Å². The first kappa shape index (κ1) is 15.6. The molecule has 1 amide bonds. The average Bonchev–Trinajstić information content (AvgIpc) is 2.28. The molecule has 1 unspecified atom stereocenters. The summed E-state index contributed by atoms with van der Waals surface area (Å²) in [4.78, 5) is 12.4. The third-order valence-electron chi connectivity index (χ3n) is 3.06. The number of hydrogen-bond donors (Lipinski definition) is 2. The predicted octanol–water partition coefficient (Wildman–Crippen LogP) is 3.23. The van der Waals surface area contributed by atoms with Crippen molar-refractivity contribution < 1.29 is 4.79 Å². The number of rotatable bonds is 4. The summed E-state index contributed by atoms with van der Waals surface area (Å²) in [6.07, 6.45) is 0.610. The monoisotopic (exact) mass is 278 g/mol. The van der Waals surface area contributed by atoms with Crippen LogP contribution < -0.4 is 11.1 Å². The van der Waals surface area contributed by atoms with E-state index in [1.807, 2.05) is 31.2 Å². The van der Waals surface area contributed by atoms with Crippen molar-refractivity contribution >= 4 is 28.8 Å². The first-order chi connectivity index (χ1) is 8.77. The zero-order valence-electron chi connectivity index (χ0n) is 12.0. The smallest absolute Gasteiger partial charge is 0.234 e. The van der Waals surface area contributed by atoms with Crippen LogP contribution in [0.1, 0.15) is 39.7 Å². The van der Waals surface area contributed by atoms with Gasteiger partial charge in [-0.25, -0.2) is 0 Å². The second-order valence-electron chi connectivity index (χ2n) is 5.65. The van der Waals surface area contributed by atoms with Crippen LogP contribution in [0.5, 0.6) is 0 Å². The van der Waals surface area contributed by atoms with E-state index in [0.29, 0.717) is 6.42 Å². The predicted molar refractivity (Wildman–Crippen MR) is 84.3 cm³/mol. The number of hydrogen-bond acceptors (Lipinski definition) is 2. The van der Waals surface area contributed by atoms with Gasteiger partial charge < -0.3 is 11.1 Å². The van der Waals surface area contributed by atoms with Crippen molar-refractivity contribution in [2.24, 2.45) is 11.7 Å². The highest BCUT2D eigenvalue weighted by Gasteiger charge is 2.23. The summed E-state index contributed by atoms with van der Waals surface area (Å²) < 4.78 is 0. The molecule has 0 aliphatic carbocycles. The van der Waals surface area contributed by atoms with E-state index in [9.17, 15) is 4.79 Å².